The maximum absolute atomic E-state index is 5.78. The zero-order chi connectivity index (χ0) is 16.1. The van der Waals surface area contributed by atoms with Gasteiger partial charge in [-0.1, -0.05) is 6.07 Å². The number of methoxy groups -OCH3 is 1. The van der Waals surface area contributed by atoms with Crippen LogP contribution in [0.3, 0.4) is 0 Å². The summed E-state index contributed by atoms with van der Waals surface area (Å²) in [4.78, 5) is 12.4. The van der Waals surface area contributed by atoms with Gasteiger partial charge in [0.25, 0.3) is 0 Å². The number of benzene rings is 1. The van der Waals surface area contributed by atoms with Gasteiger partial charge >= 0.3 is 0 Å². The van der Waals surface area contributed by atoms with Gasteiger partial charge in [-0.2, -0.15) is 0 Å². The van der Waals surface area contributed by atoms with Crippen molar-refractivity contribution in [3.63, 3.8) is 0 Å². The highest BCUT2D eigenvalue weighted by Gasteiger charge is 2.07. The molecule has 0 unspecified atom stereocenters. The molecule has 0 bridgehead atoms. The van der Waals surface area contributed by atoms with E-state index >= 15 is 0 Å². The quantitative estimate of drug-likeness (QED) is 0.673. The standard InChI is InChI=1S/C16H19N5O2/c1-22-12-5-4-6-13(9-12)23-8-3-2-7-21-11-20-14-15(17)18-10-19-16(14)21/h4-6,9-11H,2-3,7-8H2,1H3,(H2,17,18,19). The van der Waals surface area contributed by atoms with Gasteiger partial charge in [0.05, 0.1) is 20.0 Å². The molecule has 2 N–H and O–H groups in total. The number of ether oxygens (including phenoxy) is 2. The molecule has 7 nitrogen and oxygen atoms in total. The molecule has 0 amide bonds. The number of fused-ring (bicyclic) bond motifs is 1. The smallest absolute Gasteiger partial charge is 0.165 e. The molecule has 0 atom stereocenters. The summed E-state index contributed by atoms with van der Waals surface area (Å²) in [6.07, 6.45) is 5.09. The number of hydrogen-bond donors (Lipinski definition) is 1. The third-order valence-electron chi connectivity index (χ3n) is 3.53. The van der Waals surface area contributed by atoms with Crippen molar-refractivity contribution in [1.82, 2.24) is 19.5 Å². The second-order valence-corrected chi connectivity index (χ2v) is 5.10. The highest BCUT2D eigenvalue weighted by Crippen LogP contribution is 2.19. The van der Waals surface area contributed by atoms with Crippen LogP contribution in [0.25, 0.3) is 11.2 Å². The van der Waals surface area contributed by atoms with Gasteiger partial charge in [-0.15, -0.1) is 0 Å². The number of nitrogens with two attached hydrogens (primary N) is 1. The molecule has 0 saturated heterocycles. The van der Waals surface area contributed by atoms with E-state index in [1.807, 2.05) is 28.8 Å². The number of aromatic nitrogens is 4. The Morgan fingerprint density at radius 3 is 2.87 bits per heavy atom. The Bertz CT molecular complexity index is 787. The Hall–Kier alpha value is -2.83. The first-order chi connectivity index (χ1) is 11.3. The van der Waals surface area contributed by atoms with Gasteiger partial charge in [0.2, 0.25) is 0 Å². The van der Waals surface area contributed by atoms with Gasteiger partial charge in [-0.3, -0.25) is 0 Å². The molecule has 3 rings (SSSR count). The fourth-order valence-corrected chi connectivity index (χ4v) is 2.33. The maximum Gasteiger partial charge on any atom is 0.165 e. The predicted octanol–water partition coefficient (Wildman–Crippen LogP) is 2.28. The van der Waals surface area contributed by atoms with E-state index in [-0.39, 0.29) is 0 Å². The van der Waals surface area contributed by atoms with E-state index in [1.165, 1.54) is 6.33 Å². The molecule has 0 fully saturated rings. The Morgan fingerprint density at radius 2 is 2.00 bits per heavy atom. The van der Waals surface area contributed by atoms with E-state index < -0.39 is 0 Å². The summed E-state index contributed by atoms with van der Waals surface area (Å²) < 4.78 is 12.9. The van der Waals surface area contributed by atoms with E-state index in [0.717, 1.165) is 36.5 Å². The fraction of sp³-hybridized carbons (Fsp3) is 0.312. The van der Waals surface area contributed by atoms with Crippen LogP contribution in [0.15, 0.2) is 36.9 Å². The van der Waals surface area contributed by atoms with Crippen LogP contribution in [0.4, 0.5) is 5.82 Å². The summed E-state index contributed by atoms with van der Waals surface area (Å²) in [5, 5.41) is 0. The molecule has 0 aliphatic rings. The first kappa shape index (κ1) is 15.1. The molecule has 0 aliphatic heterocycles. The molecule has 3 aromatic rings. The van der Waals surface area contributed by atoms with Crippen LogP contribution in [0.2, 0.25) is 0 Å². The van der Waals surface area contributed by atoms with E-state index in [4.69, 9.17) is 15.2 Å². The topological polar surface area (TPSA) is 88.1 Å². The van der Waals surface area contributed by atoms with Gasteiger partial charge in [0.1, 0.15) is 23.3 Å². The molecule has 2 aromatic heterocycles. The van der Waals surface area contributed by atoms with E-state index in [0.29, 0.717) is 17.9 Å². The number of unbranched alkanes of at least 4 members (excludes halogenated alkanes) is 1. The van der Waals surface area contributed by atoms with Gasteiger partial charge < -0.3 is 19.8 Å². The summed E-state index contributed by atoms with van der Waals surface area (Å²) in [6.45, 7) is 1.46. The molecule has 23 heavy (non-hydrogen) atoms. The molecular weight excluding hydrogens is 294 g/mol. The number of rotatable bonds is 7. The van der Waals surface area contributed by atoms with Crippen molar-refractivity contribution >= 4 is 17.0 Å². The van der Waals surface area contributed by atoms with Crippen molar-refractivity contribution in [3.05, 3.63) is 36.9 Å². The highest BCUT2D eigenvalue weighted by molar-refractivity contribution is 5.80. The Labute approximate surface area is 134 Å². The lowest BCUT2D eigenvalue weighted by Gasteiger charge is -2.08. The lowest BCUT2D eigenvalue weighted by atomic mass is 10.3. The number of aryl methyl sites for hydroxylation is 1. The number of nitrogens with zero attached hydrogens (tertiary/aromatic N) is 4. The number of hydrogen-bond acceptors (Lipinski definition) is 6. The van der Waals surface area contributed by atoms with Gasteiger partial charge in [-0.05, 0) is 25.0 Å². The van der Waals surface area contributed by atoms with Crippen molar-refractivity contribution < 1.29 is 9.47 Å². The average molecular weight is 313 g/mol. The van der Waals surface area contributed by atoms with Crippen LogP contribution >= 0.6 is 0 Å². The van der Waals surface area contributed by atoms with Crippen molar-refractivity contribution in [1.29, 1.82) is 0 Å². The van der Waals surface area contributed by atoms with E-state index in [1.54, 1.807) is 13.4 Å². The van der Waals surface area contributed by atoms with E-state index in [2.05, 4.69) is 15.0 Å². The normalized spacial score (nSPS) is 10.8. The molecule has 0 radical (unpaired) electrons. The molecule has 0 aliphatic carbocycles. The second-order valence-electron chi connectivity index (χ2n) is 5.10. The molecule has 1 aromatic carbocycles. The summed E-state index contributed by atoms with van der Waals surface area (Å²) in [7, 11) is 1.64. The zero-order valence-electron chi connectivity index (χ0n) is 13.0. The van der Waals surface area contributed by atoms with Crippen molar-refractivity contribution in [2.45, 2.75) is 19.4 Å². The molecule has 2 heterocycles. The SMILES string of the molecule is COc1cccc(OCCCCn2cnc3c(N)ncnc32)c1. The van der Waals surface area contributed by atoms with Crippen molar-refractivity contribution in [2.75, 3.05) is 19.5 Å². The predicted molar refractivity (Wildman–Crippen MR) is 87.5 cm³/mol. The van der Waals surface area contributed by atoms with Crippen LogP contribution in [-0.2, 0) is 6.54 Å². The molecule has 120 valence electrons. The van der Waals surface area contributed by atoms with Crippen LogP contribution in [0, 0.1) is 0 Å². The van der Waals surface area contributed by atoms with Crippen LogP contribution < -0.4 is 15.2 Å². The third-order valence-corrected chi connectivity index (χ3v) is 3.53. The van der Waals surface area contributed by atoms with Gasteiger partial charge in [-0.25, -0.2) is 15.0 Å². The maximum atomic E-state index is 5.78. The first-order valence-corrected chi connectivity index (χ1v) is 7.46. The van der Waals surface area contributed by atoms with Crippen LogP contribution in [0.1, 0.15) is 12.8 Å². The Balaban J connectivity index is 1.48. The summed E-state index contributed by atoms with van der Waals surface area (Å²) in [5.74, 6) is 2.03. The highest BCUT2D eigenvalue weighted by atomic mass is 16.5. The van der Waals surface area contributed by atoms with Gasteiger partial charge in [0, 0.05) is 12.6 Å². The minimum absolute atomic E-state index is 0.412. The molecule has 7 heteroatoms. The third kappa shape index (κ3) is 3.50. The molecular formula is C16H19N5O2. The monoisotopic (exact) mass is 313 g/mol. The van der Waals surface area contributed by atoms with Crippen LogP contribution in [-0.4, -0.2) is 33.2 Å². The average Bonchev–Trinajstić information content (AvgIpc) is 2.99. The number of nitrogen functional groups attached to an aromatic ring is 1. The lowest BCUT2D eigenvalue weighted by molar-refractivity contribution is 0.301. The zero-order valence-corrected chi connectivity index (χ0v) is 13.0. The molecule has 0 saturated carbocycles. The molecule has 0 spiro atoms. The minimum Gasteiger partial charge on any atom is -0.497 e. The van der Waals surface area contributed by atoms with Gasteiger partial charge in [0.15, 0.2) is 11.5 Å². The summed E-state index contributed by atoms with van der Waals surface area (Å²) in [5.41, 5.74) is 7.20. The number of imidazole rings is 1. The lowest BCUT2D eigenvalue weighted by Crippen LogP contribution is -2.03. The van der Waals surface area contributed by atoms with Crippen LogP contribution in [0.5, 0.6) is 11.5 Å². The number of anilines is 1. The Morgan fingerprint density at radius 1 is 1.13 bits per heavy atom. The minimum atomic E-state index is 0.412. The largest absolute Gasteiger partial charge is 0.497 e. The second kappa shape index (κ2) is 6.95. The Kier molecular flexibility index (Phi) is 4.56. The first-order valence-electron chi connectivity index (χ1n) is 7.46. The summed E-state index contributed by atoms with van der Waals surface area (Å²) >= 11 is 0. The van der Waals surface area contributed by atoms with Crippen molar-refractivity contribution in [3.8, 4) is 11.5 Å². The fourth-order valence-electron chi connectivity index (χ4n) is 2.33. The van der Waals surface area contributed by atoms with Crippen molar-refractivity contribution in [2.24, 2.45) is 0 Å². The van der Waals surface area contributed by atoms with E-state index in [9.17, 15) is 0 Å². The summed E-state index contributed by atoms with van der Waals surface area (Å²) in [6, 6.07) is 7.61.